The van der Waals surface area contributed by atoms with Crippen LogP contribution in [-0.2, 0) is 6.42 Å². The average molecular weight is 385 g/mol. The van der Waals surface area contributed by atoms with Gasteiger partial charge < -0.3 is 15.2 Å². The molecular formula is C14H12INO4. The van der Waals surface area contributed by atoms with E-state index >= 15 is 0 Å². The number of carboxylic acid groups (broad SMARTS) is 1. The van der Waals surface area contributed by atoms with Crippen molar-refractivity contribution in [1.82, 2.24) is 4.98 Å². The normalized spacial score (nSPS) is 10.5. The minimum Gasteiger partial charge on any atom is -0.506 e. The summed E-state index contributed by atoms with van der Waals surface area (Å²) in [4.78, 5) is 25.4. The molecule has 2 rings (SSSR count). The van der Waals surface area contributed by atoms with E-state index in [-0.39, 0.29) is 0 Å². The zero-order chi connectivity index (χ0) is 14.9. The van der Waals surface area contributed by atoms with Crippen LogP contribution in [-0.4, -0.2) is 21.2 Å². The fourth-order valence-electron chi connectivity index (χ4n) is 2.03. The van der Waals surface area contributed by atoms with Crippen LogP contribution in [0, 0.1) is 3.57 Å². The standard InChI is InChI=1S/C14H12INO4/c1-2-9-11(7-3-5-8(15)6-4-7)16-13(18)10(12(9)17)14(19)20/h3-6H,2H2,1H3,(H,19,20)(H2,16,17,18). The van der Waals surface area contributed by atoms with Gasteiger partial charge in [-0.2, -0.15) is 0 Å². The number of carbonyl (C=O) groups is 1. The summed E-state index contributed by atoms with van der Waals surface area (Å²) < 4.78 is 1.04. The molecule has 0 amide bonds. The number of nitrogens with one attached hydrogen (secondary N) is 1. The Balaban J connectivity index is 2.75. The van der Waals surface area contributed by atoms with Crippen molar-refractivity contribution in [3.05, 3.63) is 49.3 Å². The first-order valence-corrected chi connectivity index (χ1v) is 7.01. The predicted molar refractivity (Wildman–Crippen MR) is 83.2 cm³/mol. The molecule has 0 saturated carbocycles. The van der Waals surface area contributed by atoms with Crippen LogP contribution >= 0.6 is 22.6 Å². The SMILES string of the molecule is CCc1c(-c2ccc(I)cc2)[nH]c(=O)c(C(=O)O)c1O. The molecule has 3 N–H and O–H groups in total. The Kier molecular flexibility index (Phi) is 4.12. The van der Waals surface area contributed by atoms with Crippen LogP contribution in [0.5, 0.6) is 5.75 Å². The Morgan fingerprint density at radius 1 is 1.30 bits per heavy atom. The maximum absolute atomic E-state index is 11.8. The summed E-state index contributed by atoms with van der Waals surface area (Å²) >= 11 is 2.16. The Morgan fingerprint density at radius 2 is 1.90 bits per heavy atom. The average Bonchev–Trinajstić information content (AvgIpc) is 2.38. The molecule has 1 heterocycles. The van der Waals surface area contributed by atoms with Gasteiger partial charge in [0.05, 0.1) is 5.69 Å². The molecule has 5 nitrogen and oxygen atoms in total. The van der Waals surface area contributed by atoms with Crippen molar-refractivity contribution in [2.75, 3.05) is 0 Å². The largest absolute Gasteiger partial charge is 0.506 e. The lowest BCUT2D eigenvalue weighted by Crippen LogP contribution is -2.20. The van der Waals surface area contributed by atoms with Crippen molar-refractivity contribution < 1.29 is 15.0 Å². The third-order valence-corrected chi connectivity index (χ3v) is 3.71. The van der Waals surface area contributed by atoms with E-state index in [1.807, 2.05) is 24.3 Å². The van der Waals surface area contributed by atoms with Crippen LogP contribution in [0.3, 0.4) is 0 Å². The van der Waals surface area contributed by atoms with Gasteiger partial charge in [-0.3, -0.25) is 4.79 Å². The number of carboxylic acids is 1. The number of aromatic hydroxyl groups is 1. The van der Waals surface area contributed by atoms with E-state index in [0.717, 1.165) is 9.13 Å². The maximum atomic E-state index is 11.8. The molecule has 0 unspecified atom stereocenters. The number of aromatic nitrogens is 1. The molecule has 20 heavy (non-hydrogen) atoms. The highest BCUT2D eigenvalue weighted by atomic mass is 127. The van der Waals surface area contributed by atoms with Crippen LogP contribution in [0.15, 0.2) is 29.1 Å². The van der Waals surface area contributed by atoms with E-state index < -0.39 is 22.8 Å². The quantitative estimate of drug-likeness (QED) is 0.709. The summed E-state index contributed by atoms with van der Waals surface area (Å²) in [7, 11) is 0. The number of halogens is 1. The van der Waals surface area contributed by atoms with Crippen molar-refractivity contribution in [3.8, 4) is 17.0 Å². The molecule has 0 aliphatic rings. The summed E-state index contributed by atoms with van der Waals surface area (Å²) in [6, 6.07) is 7.36. The van der Waals surface area contributed by atoms with E-state index in [1.54, 1.807) is 6.92 Å². The fourth-order valence-corrected chi connectivity index (χ4v) is 2.39. The first kappa shape index (κ1) is 14.6. The third-order valence-electron chi connectivity index (χ3n) is 2.99. The van der Waals surface area contributed by atoms with E-state index in [2.05, 4.69) is 27.6 Å². The second kappa shape index (κ2) is 5.66. The molecular weight excluding hydrogens is 373 g/mol. The molecule has 0 fully saturated rings. The van der Waals surface area contributed by atoms with Crippen LogP contribution < -0.4 is 5.56 Å². The Hall–Kier alpha value is -1.83. The number of pyridine rings is 1. The van der Waals surface area contributed by atoms with E-state index in [4.69, 9.17) is 5.11 Å². The number of hydrogen-bond acceptors (Lipinski definition) is 3. The van der Waals surface area contributed by atoms with Crippen molar-refractivity contribution in [1.29, 1.82) is 0 Å². The van der Waals surface area contributed by atoms with Gasteiger partial charge in [-0.05, 0) is 46.7 Å². The van der Waals surface area contributed by atoms with Crippen molar-refractivity contribution in [3.63, 3.8) is 0 Å². The van der Waals surface area contributed by atoms with Gasteiger partial charge in [0.25, 0.3) is 5.56 Å². The fraction of sp³-hybridized carbons (Fsp3) is 0.143. The highest BCUT2D eigenvalue weighted by Gasteiger charge is 2.21. The number of aromatic carboxylic acids is 1. The highest BCUT2D eigenvalue weighted by molar-refractivity contribution is 14.1. The van der Waals surface area contributed by atoms with Crippen LogP contribution in [0.25, 0.3) is 11.3 Å². The Morgan fingerprint density at radius 3 is 2.40 bits per heavy atom. The highest BCUT2D eigenvalue weighted by Crippen LogP contribution is 2.29. The Bertz CT molecular complexity index is 719. The third kappa shape index (κ3) is 2.55. The van der Waals surface area contributed by atoms with Gasteiger partial charge in [0.15, 0.2) is 5.56 Å². The lowest BCUT2D eigenvalue weighted by atomic mass is 10.0. The van der Waals surface area contributed by atoms with Crippen molar-refractivity contribution in [2.45, 2.75) is 13.3 Å². The monoisotopic (exact) mass is 385 g/mol. The lowest BCUT2D eigenvalue weighted by molar-refractivity contribution is 0.0691. The number of aromatic amines is 1. The maximum Gasteiger partial charge on any atom is 0.345 e. The number of H-pyrrole nitrogens is 1. The number of benzene rings is 1. The van der Waals surface area contributed by atoms with Gasteiger partial charge in [0.1, 0.15) is 5.75 Å². The van der Waals surface area contributed by atoms with Crippen LogP contribution in [0.1, 0.15) is 22.8 Å². The molecule has 2 aromatic rings. The molecule has 0 radical (unpaired) electrons. The molecule has 0 aliphatic carbocycles. The summed E-state index contributed by atoms with van der Waals surface area (Å²) in [6.07, 6.45) is 0.407. The second-order valence-corrected chi connectivity index (χ2v) is 5.44. The van der Waals surface area contributed by atoms with E-state index in [1.165, 1.54) is 0 Å². The molecule has 0 atom stereocenters. The summed E-state index contributed by atoms with van der Waals surface area (Å²) in [5, 5.41) is 19.0. The molecule has 104 valence electrons. The van der Waals surface area contributed by atoms with Crippen LogP contribution in [0.2, 0.25) is 0 Å². The number of rotatable bonds is 3. The zero-order valence-corrected chi connectivity index (χ0v) is 12.8. The smallest absolute Gasteiger partial charge is 0.345 e. The summed E-state index contributed by atoms with van der Waals surface area (Å²) in [5.74, 6) is -1.90. The lowest BCUT2D eigenvalue weighted by Gasteiger charge is -2.12. The summed E-state index contributed by atoms with van der Waals surface area (Å²) in [6.45, 7) is 1.79. The van der Waals surface area contributed by atoms with Gasteiger partial charge >= 0.3 is 5.97 Å². The second-order valence-electron chi connectivity index (χ2n) is 4.20. The topological polar surface area (TPSA) is 90.4 Å². The molecule has 0 saturated heterocycles. The molecule has 0 spiro atoms. The van der Waals surface area contributed by atoms with Gasteiger partial charge in [-0.1, -0.05) is 19.1 Å². The summed E-state index contributed by atoms with van der Waals surface area (Å²) in [5.41, 5.74) is 0.183. The zero-order valence-electron chi connectivity index (χ0n) is 10.6. The van der Waals surface area contributed by atoms with Gasteiger partial charge in [-0.15, -0.1) is 0 Å². The van der Waals surface area contributed by atoms with Crippen LogP contribution in [0.4, 0.5) is 0 Å². The molecule has 6 heteroatoms. The van der Waals surface area contributed by atoms with Crippen molar-refractivity contribution in [2.24, 2.45) is 0 Å². The predicted octanol–water partition coefficient (Wildman–Crippen LogP) is 2.61. The molecule has 0 aliphatic heterocycles. The number of hydrogen-bond donors (Lipinski definition) is 3. The molecule has 0 bridgehead atoms. The first-order chi connectivity index (χ1) is 9.45. The van der Waals surface area contributed by atoms with Gasteiger partial charge in [0.2, 0.25) is 0 Å². The minimum absolute atomic E-state index is 0.407. The first-order valence-electron chi connectivity index (χ1n) is 5.93. The Labute approximate surface area is 128 Å². The van der Waals surface area contributed by atoms with Crippen molar-refractivity contribution >= 4 is 28.6 Å². The van der Waals surface area contributed by atoms with E-state index in [9.17, 15) is 14.7 Å². The molecule has 1 aromatic carbocycles. The minimum atomic E-state index is -1.44. The van der Waals surface area contributed by atoms with Gasteiger partial charge in [0, 0.05) is 9.13 Å². The van der Waals surface area contributed by atoms with Gasteiger partial charge in [-0.25, -0.2) is 4.79 Å². The molecule has 1 aromatic heterocycles. The van der Waals surface area contributed by atoms with E-state index in [0.29, 0.717) is 17.7 Å².